The first-order chi connectivity index (χ1) is 13.2. The second kappa shape index (κ2) is 8.51. The molecular formula is C20H33N5O3. The van der Waals surface area contributed by atoms with Gasteiger partial charge in [0, 0.05) is 49.6 Å². The molecule has 0 spiro atoms. The summed E-state index contributed by atoms with van der Waals surface area (Å²) >= 11 is 0. The molecule has 0 bridgehead atoms. The normalized spacial score (nSPS) is 24.0. The number of urea groups is 1. The van der Waals surface area contributed by atoms with E-state index in [0.717, 1.165) is 37.9 Å². The van der Waals surface area contributed by atoms with Crippen molar-refractivity contribution in [1.82, 2.24) is 15.0 Å². The van der Waals surface area contributed by atoms with E-state index in [1.807, 2.05) is 25.7 Å². The van der Waals surface area contributed by atoms with Gasteiger partial charge in [-0.15, -0.1) is 0 Å². The predicted molar refractivity (Wildman–Crippen MR) is 107 cm³/mol. The summed E-state index contributed by atoms with van der Waals surface area (Å²) in [6.07, 6.45) is 4.38. The Labute approximate surface area is 166 Å². The van der Waals surface area contributed by atoms with E-state index in [0.29, 0.717) is 32.0 Å². The van der Waals surface area contributed by atoms with Crippen molar-refractivity contribution in [3.63, 3.8) is 0 Å². The SMILES string of the molecule is CC(C)(C)c1cc(NC(=O)N2CCCN(C(=O)C3CCC(N)CC3)CC2)no1. The summed E-state index contributed by atoms with van der Waals surface area (Å²) in [5, 5.41) is 6.75. The molecule has 28 heavy (non-hydrogen) atoms. The molecular weight excluding hydrogens is 358 g/mol. The highest BCUT2D eigenvalue weighted by Gasteiger charge is 2.30. The Hall–Kier alpha value is -2.09. The van der Waals surface area contributed by atoms with Gasteiger partial charge >= 0.3 is 6.03 Å². The second-order valence-corrected chi connectivity index (χ2v) is 9.03. The van der Waals surface area contributed by atoms with E-state index in [2.05, 4.69) is 10.5 Å². The third-order valence-electron chi connectivity index (χ3n) is 5.70. The van der Waals surface area contributed by atoms with Crippen LogP contribution in [0.25, 0.3) is 0 Å². The molecule has 2 aliphatic rings. The maximum Gasteiger partial charge on any atom is 0.323 e. The van der Waals surface area contributed by atoms with Crippen molar-refractivity contribution in [3.05, 3.63) is 11.8 Å². The molecule has 8 heteroatoms. The van der Waals surface area contributed by atoms with Crippen LogP contribution in [0.3, 0.4) is 0 Å². The van der Waals surface area contributed by atoms with Gasteiger partial charge in [0.2, 0.25) is 5.91 Å². The molecule has 1 saturated heterocycles. The van der Waals surface area contributed by atoms with Crippen molar-refractivity contribution >= 4 is 17.8 Å². The van der Waals surface area contributed by atoms with Crippen molar-refractivity contribution in [2.45, 2.75) is 64.3 Å². The summed E-state index contributed by atoms with van der Waals surface area (Å²) in [5.41, 5.74) is 5.79. The van der Waals surface area contributed by atoms with Crippen LogP contribution in [0.4, 0.5) is 10.6 Å². The molecule has 0 radical (unpaired) electrons. The van der Waals surface area contributed by atoms with Gasteiger partial charge in [0.15, 0.2) is 5.82 Å². The van der Waals surface area contributed by atoms with E-state index < -0.39 is 0 Å². The van der Waals surface area contributed by atoms with Crippen LogP contribution in [-0.2, 0) is 10.2 Å². The molecule has 156 valence electrons. The fraction of sp³-hybridized carbons (Fsp3) is 0.750. The molecule has 0 atom stereocenters. The number of carbonyl (C=O) groups is 2. The van der Waals surface area contributed by atoms with Crippen LogP contribution < -0.4 is 11.1 Å². The average molecular weight is 392 g/mol. The van der Waals surface area contributed by atoms with E-state index in [9.17, 15) is 9.59 Å². The molecule has 3 amide bonds. The molecule has 0 unspecified atom stereocenters. The van der Waals surface area contributed by atoms with Crippen LogP contribution in [-0.4, -0.2) is 59.1 Å². The Morgan fingerprint density at radius 2 is 1.75 bits per heavy atom. The summed E-state index contributed by atoms with van der Waals surface area (Å²) in [6.45, 7) is 8.49. The Morgan fingerprint density at radius 3 is 2.39 bits per heavy atom. The van der Waals surface area contributed by atoms with Gasteiger partial charge in [-0.2, -0.15) is 0 Å². The van der Waals surface area contributed by atoms with Gasteiger partial charge in [0.05, 0.1) is 0 Å². The number of nitrogens with zero attached hydrogens (tertiary/aromatic N) is 3. The second-order valence-electron chi connectivity index (χ2n) is 9.03. The van der Waals surface area contributed by atoms with Crippen molar-refractivity contribution < 1.29 is 14.1 Å². The smallest absolute Gasteiger partial charge is 0.323 e. The molecule has 1 saturated carbocycles. The summed E-state index contributed by atoms with van der Waals surface area (Å²) in [5.74, 6) is 1.46. The van der Waals surface area contributed by atoms with Crippen LogP contribution in [0.5, 0.6) is 0 Å². The van der Waals surface area contributed by atoms with E-state index in [1.165, 1.54) is 0 Å². The van der Waals surface area contributed by atoms with Crippen LogP contribution in [0.1, 0.15) is 58.6 Å². The number of anilines is 1. The summed E-state index contributed by atoms with van der Waals surface area (Å²) in [7, 11) is 0. The molecule has 0 aromatic carbocycles. The Morgan fingerprint density at radius 1 is 1.11 bits per heavy atom. The monoisotopic (exact) mass is 391 g/mol. The largest absolute Gasteiger partial charge is 0.359 e. The zero-order valence-corrected chi connectivity index (χ0v) is 17.2. The van der Waals surface area contributed by atoms with Crippen molar-refractivity contribution in [2.24, 2.45) is 11.7 Å². The molecule has 1 aromatic heterocycles. The third kappa shape index (κ3) is 5.04. The maximum atomic E-state index is 12.8. The molecule has 3 rings (SSSR count). The first-order valence-corrected chi connectivity index (χ1v) is 10.3. The Bertz CT molecular complexity index is 688. The number of carbonyl (C=O) groups excluding carboxylic acids is 2. The standard InChI is InChI=1S/C20H33N5O3/c1-20(2,3)16-13-17(23-28-16)22-19(27)25-10-4-9-24(11-12-25)18(26)14-5-7-15(21)8-6-14/h13-15H,4-12,21H2,1-3H3,(H,22,23,27). The number of hydrogen-bond acceptors (Lipinski definition) is 5. The molecule has 1 aliphatic heterocycles. The number of nitrogens with one attached hydrogen (secondary N) is 1. The maximum absolute atomic E-state index is 12.8. The van der Waals surface area contributed by atoms with Gasteiger partial charge in [-0.05, 0) is 32.1 Å². The van der Waals surface area contributed by atoms with Crippen LogP contribution in [0.2, 0.25) is 0 Å². The number of amides is 3. The van der Waals surface area contributed by atoms with Crippen molar-refractivity contribution in [2.75, 3.05) is 31.5 Å². The molecule has 3 N–H and O–H groups in total. The quantitative estimate of drug-likeness (QED) is 0.806. The molecule has 8 nitrogen and oxygen atoms in total. The average Bonchev–Trinajstić information content (AvgIpc) is 2.98. The zero-order valence-electron chi connectivity index (χ0n) is 17.2. The zero-order chi connectivity index (χ0) is 20.3. The molecule has 1 aliphatic carbocycles. The lowest BCUT2D eigenvalue weighted by Gasteiger charge is -2.30. The van der Waals surface area contributed by atoms with Gasteiger partial charge in [-0.3, -0.25) is 10.1 Å². The van der Waals surface area contributed by atoms with E-state index in [1.54, 1.807) is 11.0 Å². The minimum absolute atomic E-state index is 0.0890. The molecule has 2 heterocycles. The third-order valence-corrected chi connectivity index (χ3v) is 5.70. The number of rotatable bonds is 2. The van der Waals surface area contributed by atoms with E-state index in [4.69, 9.17) is 10.3 Å². The number of aromatic nitrogens is 1. The summed E-state index contributed by atoms with van der Waals surface area (Å²) in [6, 6.07) is 1.80. The fourth-order valence-corrected chi connectivity index (χ4v) is 3.84. The topological polar surface area (TPSA) is 105 Å². The van der Waals surface area contributed by atoms with E-state index >= 15 is 0 Å². The highest BCUT2D eigenvalue weighted by molar-refractivity contribution is 5.88. The van der Waals surface area contributed by atoms with Gasteiger partial charge in [0.25, 0.3) is 0 Å². The highest BCUT2D eigenvalue weighted by atomic mass is 16.5. The van der Waals surface area contributed by atoms with Gasteiger partial charge in [-0.1, -0.05) is 25.9 Å². The van der Waals surface area contributed by atoms with Crippen LogP contribution in [0.15, 0.2) is 10.6 Å². The Kier molecular flexibility index (Phi) is 6.27. The minimum atomic E-state index is -0.202. The summed E-state index contributed by atoms with van der Waals surface area (Å²) < 4.78 is 5.32. The number of hydrogen-bond donors (Lipinski definition) is 2. The van der Waals surface area contributed by atoms with Crippen LogP contribution >= 0.6 is 0 Å². The van der Waals surface area contributed by atoms with Gasteiger partial charge in [-0.25, -0.2) is 4.79 Å². The minimum Gasteiger partial charge on any atom is -0.359 e. The summed E-state index contributed by atoms with van der Waals surface area (Å²) in [4.78, 5) is 29.1. The first kappa shape index (κ1) is 20.6. The Balaban J connectivity index is 1.52. The first-order valence-electron chi connectivity index (χ1n) is 10.3. The highest BCUT2D eigenvalue weighted by Crippen LogP contribution is 2.26. The van der Waals surface area contributed by atoms with E-state index in [-0.39, 0.29) is 29.3 Å². The lowest BCUT2D eigenvalue weighted by atomic mass is 9.85. The van der Waals surface area contributed by atoms with Crippen molar-refractivity contribution in [3.8, 4) is 0 Å². The van der Waals surface area contributed by atoms with Crippen LogP contribution in [0, 0.1) is 5.92 Å². The fourth-order valence-electron chi connectivity index (χ4n) is 3.84. The van der Waals surface area contributed by atoms with Gasteiger partial charge < -0.3 is 20.1 Å². The number of nitrogens with two attached hydrogens (primary N) is 1. The predicted octanol–water partition coefficient (Wildman–Crippen LogP) is 2.56. The lowest BCUT2D eigenvalue weighted by Crippen LogP contribution is -2.42. The van der Waals surface area contributed by atoms with Gasteiger partial charge in [0.1, 0.15) is 5.76 Å². The molecule has 1 aromatic rings. The molecule has 2 fully saturated rings. The lowest BCUT2D eigenvalue weighted by molar-refractivity contribution is -0.136. The van der Waals surface area contributed by atoms with Crippen molar-refractivity contribution in [1.29, 1.82) is 0 Å².